The summed E-state index contributed by atoms with van der Waals surface area (Å²) in [5, 5.41) is 7.60. The number of rotatable bonds is 14. The molecule has 0 amide bonds. The van der Waals surface area contributed by atoms with Crippen LogP contribution in [-0.4, -0.2) is 43.2 Å². The first-order valence-corrected chi connectivity index (χ1v) is 9.11. The summed E-state index contributed by atoms with van der Waals surface area (Å²) in [6, 6.07) is 0. The predicted molar refractivity (Wildman–Crippen MR) is 96.3 cm³/mol. The number of aliphatic carboxylic acids is 1. The standard InChI is InChI=1S/C16H35N.C2H5NO2/c1-4-5-6-7-8-9-10-11-12-13-14-15-16-17(2)3;3-1-2(4)5/h4-16H2,1-3H3;1,3H2,(H,4,5). The molecule has 3 N–H and O–H groups in total. The molecule has 4 heteroatoms. The van der Waals surface area contributed by atoms with E-state index in [1.165, 1.54) is 83.6 Å². The summed E-state index contributed by atoms with van der Waals surface area (Å²) >= 11 is 0. The van der Waals surface area contributed by atoms with Gasteiger partial charge in [-0.2, -0.15) is 0 Å². The smallest absolute Gasteiger partial charge is 0.317 e. The van der Waals surface area contributed by atoms with Crippen molar-refractivity contribution in [2.75, 3.05) is 27.2 Å². The van der Waals surface area contributed by atoms with E-state index in [1.807, 2.05) is 0 Å². The minimum Gasteiger partial charge on any atom is -0.480 e. The Bertz CT molecular complexity index is 221. The van der Waals surface area contributed by atoms with Crippen LogP contribution >= 0.6 is 0 Å². The van der Waals surface area contributed by atoms with E-state index in [0.29, 0.717) is 0 Å². The monoisotopic (exact) mass is 316 g/mol. The van der Waals surface area contributed by atoms with Crippen molar-refractivity contribution < 1.29 is 9.90 Å². The molecule has 0 radical (unpaired) electrons. The molecule has 134 valence electrons. The van der Waals surface area contributed by atoms with Gasteiger partial charge in [0.05, 0.1) is 6.54 Å². The third-order valence-corrected chi connectivity index (χ3v) is 3.63. The van der Waals surface area contributed by atoms with E-state index in [9.17, 15) is 4.79 Å². The zero-order valence-electron chi connectivity index (χ0n) is 15.3. The fourth-order valence-corrected chi connectivity index (χ4v) is 2.27. The van der Waals surface area contributed by atoms with Crippen LogP contribution in [0.5, 0.6) is 0 Å². The minimum absolute atomic E-state index is 0.278. The van der Waals surface area contributed by atoms with Crippen molar-refractivity contribution in [3.8, 4) is 0 Å². The van der Waals surface area contributed by atoms with E-state index in [-0.39, 0.29) is 6.54 Å². The maximum absolute atomic E-state index is 9.24. The number of carboxylic acid groups (broad SMARTS) is 1. The van der Waals surface area contributed by atoms with Gasteiger partial charge in [0.15, 0.2) is 0 Å². The van der Waals surface area contributed by atoms with Crippen molar-refractivity contribution in [3.63, 3.8) is 0 Å². The number of carbonyl (C=O) groups is 1. The van der Waals surface area contributed by atoms with Crippen molar-refractivity contribution in [1.82, 2.24) is 4.90 Å². The zero-order chi connectivity index (χ0) is 17.1. The van der Waals surface area contributed by atoms with E-state index >= 15 is 0 Å². The average molecular weight is 317 g/mol. The van der Waals surface area contributed by atoms with E-state index in [4.69, 9.17) is 5.11 Å². The average Bonchev–Trinajstić information content (AvgIpc) is 2.48. The predicted octanol–water partition coefficient (Wildman–Crippen LogP) is 4.28. The second-order valence-electron chi connectivity index (χ2n) is 6.29. The molecule has 4 nitrogen and oxygen atoms in total. The van der Waals surface area contributed by atoms with Crippen LogP contribution in [0.25, 0.3) is 0 Å². The van der Waals surface area contributed by atoms with Gasteiger partial charge in [-0.15, -0.1) is 0 Å². The van der Waals surface area contributed by atoms with Gasteiger partial charge in [-0.3, -0.25) is 4.79 Å². The van der Waals surface area contributed by atoms with Crippen molar-refractivity contribution in [1.29, 1.82) is 0 Å². The molecule has 0 aliphatic rings. The van der Waals surface area contributed by atoms with Gasteiger partial charge in [0.25, 0.3) is 0 Å². The highest BCUT2D eigenvalue weighted by Crippen LogP contribution is 2.11. The van der Waals surface area contributed by atoms with Crippen LogP contribution < -0.4 is 5.73 Å². The fourth-order valence-electron chi connectivity index (χ4n) is 2.27. The lowest BCUT2D eigenvalue weighted by molar-refractivity contribution is -0.135. The van der Waals surface area contributed by atoms with Crippen LogP contribution in [0, 0.1) is 0 Å². The van der Waals surface area contributed by atoms with Crippen LogP contribution in [0.15, 0.2) is 0 Å². The Kier molecular flexibility index (Phi) is 21.9. The number of hydrogen-bond acceptors (Lipinski definition) is 3. The Morgan fingerprint density at radius 3 is 1.41 bits per heavy atom. The van der Waals surface area contributed by atoms with Crippen LogP contribution in [0.3, 0.4) is 0 Å². The number of hydrogen-bond donors (Lipinski definition) is 2. The lowest BCUT2D eigenvalue weighted by Gasteiger charge is -2.08. The summed E-state index contributed by atoms with van der Waals surface area (Å²) in [5.41, 5.74) is 4.57. The molecule has 0 saturated heterocycles. The number of unbranched alkanes of at least 4 members (excludes halogenated alkanes) is 11. The highest BCUT2D eigenvalue weighted by Gasteiger charge is 1.94. The third-order valence-electron chi connectivity index (χ3n) is 3.63. The van der Waals surface area contributed by atoms with Crippen LogP contribution in [0.2, 0.25) is 0 Å². The van der Waals surface area contributed by atoms with E-state index in [0.717, 1.165) is 0 Å². The first kappa shape index (κ1) is 23.7. The molecule has 0 saturated carbocycles. The summed E-state index contributed by atoms with van der Waals surface area (Å²) in [7, 11) is 4.33. The van der Waals surface area contributed by atoms with Gasteiger partial charge in [-0.1, -0.05) is 77.6 Å². The van der Waals surface area contributed by atoms with Crippen molar-refractivity contribution in [3.05, 3.63) is 0 Å². The van der Waals surface area contributed by atoms with Gasteiger partial charge in [-0.25, -0.2) is 0 Å². The van der Waals surface area contributed by atoms with Gasteiger partial charge in [0, 0.05) is 0 Å². The quantitative estimate of drug-likeness (QED) is 0.469. The number of carboxylic acids is 1. The van der Waals surface area contributed by atoms with Crippen LogP contribution in [0.4, 0.5) is 0 Å². The van der Waals surface area contributed by atoms with Crippen molar-refractivity contribution in [2.24, 2.45) is 5.73 Å². The summed E-state index contributed by atoms with van der Waals surface area (Å²) in [6.07, 6.45) is 17.3. The molecule has 0 unspecified atom stereocenters. The Morgan fingerprint density at radius 2 is 1.14 bits per heavy atom. The maximum atomic E-state index is 9.24. The third kappa shape index (κ3) is 27.7. The molecule has 0 heterocycles. The van der Waals surface area contributed by atoms with E-state index in [2.05, 4.69) is 31.7 Å². The molecular formula is C18H40N2O2. The second-order valence-corrected chi connectivity index (χ2v) is 6.29. The molecule has 0 aliphatic carbocycles. The Balaban J connectivity index is 0. The molecule has 0 fully saturated rings. The first-order chi connectivity index (χ1) is 10.5. The topological polar surface area (TPSA) is 66.6 Å². The molecule has 0 bridgehead atoms. The number of nitrogens with two attached hydrogens (primary N) is 1. The molecular weight excluding hydrogens is 276 g/mol. The highest BCUT2D eigenvalue weighted by molar-refractivity contribution is 5.68. The van der Waals surface area contributed by atoms with Gasteiger partial charge < -0.3 is 15.7 Å². The highest BCUT2D eigenvalue weighted by atomic mass is 16.4. The van der Waals surface area contributed by atoms with Crippen LogP contribution in [0.1, 0.15) is 84.0 Å². The first-order valence-electron chi connectivity index (χ1n) is 9.11. The molecule has 0 spiro atoms. The van der Waals surface area contributed by atoms with E-state index < -0.39 is 5.97 Å². The fraction of sp³-hybridized carbons (Fsp3) is 0.944. The molecule has 0 aromatic rings. The Labute approximate surface area is 138 Å². The molecule has 0 rings (SSSR count). The summed E-state index contributed by atoms with van der Waals surface area (Å²) in [5.74, 6) is -0.968. The molecule has 0 aromatic carbocycles. The molecule has 0 atom stereocenters. The summed E-state index contributed by atoms with van der Waals surface area (Å²) in [6.45, 7) is 3.27. The van der Waals surface area contributed by atoms with E-state index in [1.54, 1.807) is 0 Å². The zero-order valence-corrected chi connectivity index (χ0v) is 15.3. The Hall–Kier alpha value is -0.610. The molecule has 0 aliphatic heterocycles. The SMILES string of the molecule is CCCCCCCCCCCCCCN(C)C.NCC(=O)O. The Morgan fingerprint density at radius 1 is 0.818 bits per heavy atom. The van der Waals surface area contributed by atoms with Gasteiger partial charge >= 0.3 is 5.97 Å². The summed E-state index contributed by atoms with van der Waals surface area (Å²) in [4.78, 5) is 11.5. The van der Waals surface area contributed by atoms with Gasteiger partial charge in [0.2, 0.25) is 0 Å². The minimum atomic E-state index is -0.968. The summed E-state index contributed by atoms with van der Waals surface area (Å²) < 4.78 is 0. The number of nitrogens with zero attached hydrogens (tertiary/aromatic N) is 1. The van der Waals surface area contributed by atoms with Crippen LogP contribution in [-0.2, 0) is 4.79 Å². The second kappa shape index (κ2) is 20.4. The van der Waals surface area contributed by atoms with Gasteiger partial charge in [0.1, 0.15) is 0 Å². The largest absolute Gasteiger partial charge is 0.480 e. The molecule has 0 aromatic heterocycles. The molecule has 22 heavy (non-hydrogen) atoms. The normalized spacial score (nSPS) is 10.4. The van der Waals surface area contributed by atoms with Crippen molar-refractivity contribution in [2.45, 2.75) is 84.0 Å². The van der Waals surface area contributed by atoms with Crippen molar-refractivity contribution >= 4 is 5.97 Å². The van der Waals surface area contributed by atoms with Gasteiger partial charge in [-0.05, 0) is 27.1 Å². The lowest BCUT2D eigenvalue weighted by atomic mass is 10.1. The lowest BCUT2D eigenvalue weighted by Crippen LogP contribution is -2.12. The maximum Gasteiger partial charge on any atom is 0.317 e.